The molecule has 2 aromatic carbocycles. The minimum atomic E-state index is -0.615. The van der Waals surface area contributed by atoms with Crippen molar-refractivity contribution in [3.8, 4) is 17.2 Å². The molecule has 0 bridgehead atoms. The van der Waals surface area contributed by atoms with E-state index in [4.69, 9.17) is 9.47 Å². The highest BCUT2D eigenvalue weighted by atomic mass is 16.5. The second-order valence-corrected chi connectivity index (χ2v) is 5.55. The van der Waals surface area contributed by atoms with E-state index in [1.807, 2.05) is 24.3 Å². The molecule has 0 saturated carbocycles. The highest BCUT2D eigenvalue weighted by molar-refractivity contribution is 6.00. The average molecular weight is 325 g/mol. The quantitative estimate of drug-likeness (QED) is 0.859. The lowest BCUT2D eigenvalue weighted by molar-refractivity contribution is -0.126. The number of ether oxygens (including phenoxy) is 2. The molecular formula is C19H19NO4. The van der Waals surface area contributed by atoms with Crippen LogP contribution in [-0.4, -0.2) is 30.8 Å². The van der Waals surface area contributed by atoms with E-state index in [-0.39, 0.29) is 11.7 Å². The van der Waals surface area contributed by atoms with Gasteiger partial charge in [0, 0.05) is 19.0 Å². The molecule has 0 spiro atoms. The molecule has 0 aliphatic carbocycles. The van der Waals surface area contributed by atoms with E-state index in [2.05, 4.69) is 6.58 Å². The van der Waals surface area contributed by atoms with Gasteiger partial charge in [0.1, 0.15) is 17.2 Å². The zero-order valence-electron chi connectivity index (χ0n) is 13.4. The van der Waals surface area contributed by atoms with Gasteiger partial charge in [-0.15, -0.1) is 6.58 Å². The van der Waals surface area contributed by atoms with Crippen LogP contribution in [0, 0.1) is 0 Å². The lowest BCUT2D eigenvalue weighted by atomic mass is 10.0. The van der Waals surface area contributed by atoms with Gasteiger partial charge in [-0.2, -0.15) is 0 Å². The van der Waals surface area contributed by atoms with E-state index in [0.717, 1.165) is 11.3 Å². The summed E-state index contributed by atoms with van der Waals surface area (Å²) in [4.78, 5) is 14.3. The predicted molar refractivity (Wildman–Crippen MR) is 91.8 cm³/mol. The summed E-state index contributed by atoms with van der Waals surface area (Å²) in [7, 11) is 1.61. The number of phenols is 1. The Morgan fingerprint density at radius 2 is 2.04 bits per heavy atom. The van der Waals surface area contributed by atoms with E-state index in [0.29, 0.717) is 24.4 Å². The number of carbonyl (C=O) groups is 1. The maximum atomic E-state index is 12.8. The Kier molecular flexibility index (Phi) is 4.42. The average Bonchev–Trinajstić information content (AvgIpc) is 2.60. The number of anilines is 1. The van der Waals surface area contributed by atoms with E-state index in [9.17, 15) is 9.90 Å². The van der Waals surface area contributed by atoms with Gasteiger partial charge >= 0.3 is 0 Å². The monoisotopic (exact) mass is 325 g/mol. The minimum absolute atomic E-state index is 0.0906. The van der Waals surface area contributed by atoms with Crippen LogP contribution in [0.15, 0.2) is 55.1 Å². The molecule has 0 fully saturated rings. The van der Waals surface area contributed by atoms with Crippen molar-refractivity contribution in [2.45, 2.75) is 12.5 Å². The predicted octanol–water partition coefficient (Wildman–Crippen LogP) is 2.92. The number of nitrogens with zero attached hydrogens (tertiary/aromatic N) is 1. The van der Waals surface area contributed by atoms with Crippen LogP contribution in [0.2, 0.25) is 0 Å². The molecular weight excluding hydrogens is 306 g/mol. The van der Waals surface area contributed by atoms with Gasteiger partial charge in [-0.25, -0.2) is 0 Å². The van der Waals surface area contributed by atoms with Gasteiger partial charge in [0.15, 0.2) is 6.10 Å². The zero-order valence-corrected chi connectivity index (χ0v) is 13.4. The third-order valence-corrected chi connectivity index (χ3v) is 3.94. The Morgan fingerprint density at radius 1 is 1.29 bits per heavy atom. The molecule has 1 aliphatic rings. The summed E-state index contributed by atoms with van der Waals surface area (Å²) in [6.07, 6.45) is 1.49. The highest BCUT2D eigenvalue weighted by Crippen LogP contribution is 2.37. The molecule has 1 atom stereocenters. The number of carbonyl (C=O) groups excluding carboxylic acids is 1. The molecule has 1 unspecified atom stereocenters. The fourth-order valence-electron chi connectivity index (χ4n) is 2.73. The Balaban J connectivity index is 1.87. The normalized spacial score (nSPS) is 16.3. The molecule has 3 rings (SSSR count). The Labute approximate surface area is 140 Å². The van der Waals surface area contributed by atoms with Gasteiger partial charge in [0.25, 0.3) is 5.91 Å². The molecule has 124 valence electrons. The number of methoxy groups -OCH3 is 1. The van der Waals surface area contributed by atoms with Crippen molar-refractivity contribution in [3.63, 3.8) is 0 Å². The number of phenolic OH excluding ortho intramolecular Hbond substituents is 1. The van der Waals surface area contributed by atoms with E-state index < -0.39 is 6.10 Å². The Bertz CT molecular complexity index is 754. The molecule has 0 aromatic heterocycles. The molecule has 2 aromatic rings. The van der Waals surface area contributed by atoms with Crippen LogP contribution in [0.3, 0.4) is 0 Å². The topological polar surface area (TPSA) is 59.0 Å². The smallest absolute Gasteiger partial charge is 0.268 e. The zero-order chi connectivity index (χ0) is 17.1. The summed E-state index contributed by atoms with van der Waals surface area (Å²) in [5.74, 6) is 1.29. The number of aromatic hydroxyl groups is 1. The van der Waals surface area contributed by atoms with Crippen molar-refractivity contribution in [1.29, 1.82) is 0 Å². The van der Waals surface area contributed by atoms with Crippen LogP contribution in [0.25, 0.3) is 0 Å². The molecule has 1 aliphatic heterocycles. The number of hydrogen-bond acceptors (Lipinski definition) is 4. The van der Waals surface area contributed by atoms with Crippen molar-refractivity contribution in [2.24, 2.45) is 0 Å². The fourth-order valence-corrected chi connectivity index (χ4v) is 2.73. The van der Waals surface area contributed by atoms with Crippen molar-refractivity contribution in [1.82, 2.24) is 0 Å². The first-order valence-corrected chi connectivity index (χ1v) is 7.67. The van der Waals surface area contributed by atoms with Gasteiger partial charge in [-0.1, -0.05) is 18.2 Å². The maximum Gasteiger partial charge on any atom is 0.268 e. The summed E-state index contributed by atoms with van der Waals surface area (Å²) in [5.41, 5.74) is 1.54. The number of rotatable bonds is 5. The third kappa shape index (κ3) is 3.06. The van der Waals surface area contributed by atoms with Crippen molar-refractivity contribution in [3.05, 3.63) is 60.7 Å². The molecule has 5 nitrogen and oxygen atoms in total. The third-order valence-electron chi connectivity index (χ3n) is 3.94. The molecule has 1 heterocycles. The van der Waals surface area contributed by atoms with E-state index in [1.165, 1.54) is 6.07 Å². The SMILES string of the molecule is C=CCN1C(=O)C(Cc2ccc(OC)cc2)Oc2ccc(O)cc21. The Morgan fingerprint density at radius 3 is 2.71 bits per heavy atom. The number of amides is 1. The summed E-state index contributed by atoms with van der Waals surface area (Å²) < 4.78 is 11.0. The number of hydrogen-bond donors (Lipinski definition) is 1. The number of fused-ring (bicyclic) bond motifs is 1. The lowest BCUT2D eigenvalue weighted by Gasteiger charge is -2.34. The molecule has 5 heteroatoms. The molecule has 0 saturated heterocycles. The molecule has 1 N–H and O–H groups in total. The molecule has 0 radical (unpaired) electrons. The van der Waals surface area contributed by atoms with Crippen molar-refractivity contribution < 1.29 is 19.4 Å². The van der Waals surface area contributed by atoms with Crippen LogP contribution in [0.1, 0.15) is 5.56 Å². The molecule has 1 amide bonds. The first-order valence-electron chi connectivity index (χ1n) is 7.67. The van der Waals surface area contributed by atoms with Crippen LogP contribution in [-0.2, 0) is 11.2 Å². The number of benzene rings is 2. The van der Waals surface area contributed by atoms with Gasteiger partial charge in [0.05, 0.1) is 12.8 Å². The first kappa shape index (κ1) is 15.9. The largest absolute Gasteiger partial charge is 0.508 e. The highest BCUT2D eigenvalue weighted by Gasteiger charge is 2.34. The Hall–Kier alpha value is -2.95. The van der Waals surface area contributed by atoms with Crippen LogP contribution < -0.4 is 14.4 Å². The van der Waals surface area contributed by atoms with Crippen LogP contribution in [0.5, 0.6) is 17.2 Å². The first-order chi connectivity index (χ1) is 11.6. The second-order valence-electron chi connectivity index (χ2n) is 5.55. The molecule has 24 heavy (non-hydrogen) atoms. The van der Waals surface area contributed by atoms with Gasteiger partial charge in [-0.3, -0.25) is 4.79 Å². The van der Waals surface area contributed by atoms with Gasteiger partial charge < -0.3 is 19.5 Å². The summed E-state index contributed by atoms with van der Waals surface area (Å²) in [5, 5.41) is 9.68. The maximum absolute atomic E-state index is 12.8. The summed E-state index contributed by atoms with van der Waals surface area (Å²) >= 11 is 0. The van der Waals surface area contributed by atoms with E-state index >= 15 is 0 Å². The second kappa shape index (κ2) is 6.66. The van der Waals surface area contributed by atoms with Crippen LogP contribution >= 0.6 is 0 Å². The van der Waals surface area contributed by atoms with Crippen molar-refractivity contribution >= 4 is 11.6 Å². The minimum Gasteiger partial charge on any atom is -0.508 e. The lowest BCUT2D eigenvalue weighted by Crippen LogP contribution is -2.47. The summed E-state index contributed by atoms with van der Waals surface area (Å²) in [6, 6.07) is 12.3. The van der Waals surface area contributed by atoms with Crippen molar-refractivity contribution in [2.75, 3.05) is 18.6 Å². The van der Waals surface area contributed by atoms with Gasteiger partial charge in [-0.05, 0) is 29.8 Å². The fraction of sp³-hybridized carbons (Fsp3) is 0.211. The summed E-state index contributed by atoms with van der Waals surface area (Å²) in [6.45, 7) is 4.06. The standard InChI is InChI=1S/C19H19NO4/c1-3-10-20-16-12-14(21)6-9-17(16)24-18(19(20)22)11-13-4-7-15(23-2)8-5-13/h3-9,12,18,21H,1,10-11H2,2H3. The van der Waals surface area contributed by atoms with Gasteiger partial charge in [0.2, 0.25) is 0 Å². The van der Waals surface area contributed by atoms with E-state index in [1.54, 1.807) is 30.2 Å². The van der Waals surface area contributed by atoms with Crippen LogP contribution in [0.4, 0.5) is 5.69 Å².